The number of alkyl halides is 3. The summed E-state index contributed by atoms with van der Waals surface area (Å²) in [5, 5.41) is 20.7. The molecule has 0 heterocycles. The van der Waals surface area contributed by atoms with Gasteiger partial charge in [0.2, 0.25) is 0 Å². The second-order valence-electron chi connectivity index (χ2n) is 4.88. The first-order valence-electron chi connectivity index (χ1n) is 6.80. The van der Waals surface area contributed by atoms with Crippen LogP contribution in [0.25, 0.3) is 6.08 Å². The number of amides is 1. The highest BCUT2D eigenvalue weighted by Gasteiger charge is 2.33. The summed E-state index contributed by atoms with van der Waals surface area (Å²) in [6.07, 6.45) is -3.43. The van der Waals surface area contributed by atoms with E-state index in [-0.39, 0.29) is 11.3 Å². The Hall–Kier alpha value is -2.79. The Morgan fingerprint density at radius 2 is 1.92 bits per heavy atom. The second-order valence-corrected chi connectivity index (χ2v) is 5.73. The minimum atomic E-state index is -4.64. The van der Waals surface area contributed by atoms with Crippen LogP contribution in [0, 0.1) is 11.3 Å². The lowest BCUT2D eigenvalue weighted by atomic mass is 10.1. The number of anilines is 1. The lowest BCUT2D eigenvalue weighted by Crippen LogP contribution is -2.17. The maximum absolute atomic E-state index is 13.0. The zero-order valence-electron chi connectivity index (χ0n) is 12.4. The summed E-state index contributed by atoms with van der Waals surface area (Å²) in [4.78, 5) is 12.1. The molecule has 0 atom stereocenters. The number of phenolic OH excluding ortho intramolecular Hbond substituents is 1. The van der Waals surface area contributed by atoms with Crippen molar-refractivity contribution in [2.75, 3.05) is 5.32 Å². The molecule has 2 aromatic rings. The Balaban J connectivity index is 2.32. The smallest absolute Gasteiger partial charge is 0.418 e. The minimum absolute atomic E-state index is 0.0285. The van der Waals surface area contributed by atoms with E-state index in [1.54, 1.807) is 6.07 Å². The number of benzene rings is 2. The molecular weight excluding hydrogens is 401 g/mol. The van der Waals surface area contributed by atoms with E-state index < -0.39 is 23.3 Å². The molecule has 0 aliphatic rings. The van der Waals surface area contributed by atoms with E-state index >= 15 is 0 Å². The highest BCUT2D eigenvalue weighted by Crippen LogP contribution is 2.34. The van der Waals surface area contributed by atoms with Crippen LogP contribution in [0.3, 0.4) is 0 Å². The molecule has 2 aromatic carbocycles. The van der Waals surface area contributed by atoms with Crippen LogP contribution in [0.4, 0.5) is 18.9 Å². The highest BCUT2D eigenvalue weighted by molar-refractivity contribution is 9.10. The fourth-order valence-electron chi connectivity index (χ4n) is 1.96. The van der Waals surface area contributed by atoms with Gasteiger partial charge in [-0.25, -0.2) is 0 Å². The predicted octanol–water partition coefficient (Wildman–Crippen LogP) is 4.72. The molecule has 0 aliphatic heterocycles. The Morgan fingerprint density at radius 1 is 1.24 bits per heavy atom. The lowest BCUT2D eigenvalue weighted by Gasteiger charge is -2.13. The fourth-order valence-corrected chi connectivity index (χ4v) is 2.35. The van der Waals surface area contributed by atoms with Crippen LogP contribution in [0.1, 0.15) is 11.1 Å². The molecule has 0 fully saturated rings. The Kier molecular flexibility index (Phi) is 5.49. The molecular formula is C17H10BrF3N2O2. The van der Waals surface area contributed by atoms with E-state index in [0.29, 0.717) is 10.0 Å². The third-order valence-corrected chi connectivity index (χ3v) is 3.76. The third-order valence-electron chi connectivity index (χ3n) is 3.13. The first kappa shape index (κ1) is 18.5. The third kappa shape index (κ3) is 4.61. The zero-order chi connectivity index (χ0) is 18.6. The molecule has 0 bridgehead atoms. The average molecular weight is 411 g/mol. The van der Waals surface area contributed by atoms with E-state index in [4.69, 9.17) is 5.26 Å². The van der Waals surface area contributed by atoms with Gasteiger partial charge in [0, 0.05) is 0 Å². The molecule has 25 heavy (non-hydrogen) atoms. The number of aromatic hydroxyl groups is 1. The number of hydrogen-bond donors (Lipinski definition) is 2. The van der Waals surface area contributed by atoms with Gasteiger partial charge in [-0.1, -0.05) is 18.2 Å². The average Bonchev–Trinajstić information content (AvgIpc) is 2.55. The van der Waals surface area contributed by atoms with Gasteiger partial charge in [-0.3, -0.25) is 4.79 Å². The van der Waals surface area contributed by atoms with Crippen molar-refractivity contribution in [1.82, 2.24) is 0 Å². The quantitative estimate of drug-likeness (QED) is 0.567. The summed E-state index contributed by atoms with van der Waals surface area (Å²) in [6.45, 7) is 0. The molecule has 2 N–H and O–H groups in total. The van der Waals surface area contributed by atoms with Crippen molar-refractivity contribution < 1.29 is 23.1 Å². The normalized spacial score (nSPS) is 11.7. The van der Waals surface area contributed by atoms with Gasteiger partial charge in [0.1, 0.15) is 17.4 Å². The van der Waals surface area contributed by atoms with Gasteiger partial charge in [0.25, 0.3) is 5.91 Å². The molecule has 0 saturated carbocycles. The molecule has 0 unspecified atom stereocenters. The minimum Gasteiger partial charge on any atom is -0.507 e. The van der Waals surface area contributed by atoms with Crippen molar-refractivity contribution in [2.45, 2.75) is 6.18 Å². The van der Waals surface area contributed by atoms with Gasteiger partial charge in [0.05, 0.1) is 15.7 Å². The molecule has 0 spiro atoms. The standard InChI is InChI=1S/C17H10BrF3N2O2/c18-13-8-10(5-6-15(13)24)7-11(9-22)16(25)23-14-4-2-1-3-12(14)17(19,20)21/h1-8,24H,(H,23,25)/b11-7-. The highest BCUT2D eigenvalue weighted by atomic mass is 79.9. The maximum Gasteiger partial charge on any atom is 0.418 e. The number of carbonyl (C=O) groups excluding carboxylic acids is 1. The lowest BCUT2D eigenvalue weighted by molar-refractivity contribution is -0.137. The number of nitriles is 1. The van der Waals surface area contributed by atoms with Gasteiger partial charge in [-0.05, 0) is 51.8 Å². The molecule has 4 nitrogen and oxygen atoms in total. The van der Waals surface area contributed by atoms with Crippen LogP contribution in [0.2, 0.25) is 0 Å². The van der Waals surface area contributed by atoms with E-state index in [1.807, 2.05) is 0 Å². The number of rotatable bonds is 3. The number of phenols is 1. The molecule has 128 valence electrons. The van der Waals surface area contributed by atoms with Crippen LogP contribution in [-0.4, -0.2) is 11.0 Å². The van der Waals surface area contributed by atoms with Crippen LogP contribution in [-0.2, 0) is 11.0 Å². The first-order valence-corrected chi connectivity index (χ1v) is 7.59. The summed E-state index contributed by atoms with van der Waals surface area (Å²) >= 11 is 3.09. The van der Waals surface area contributed by atoms with Crippen molar-refractivity contribution in [2.24, 2.45) is 0 Å². The van der Waals surface area contributed by atoms with E-state index in [0.717, 1.165) is 12.1 Å². The summed E-state index contributed by atoms with van der Waals surface area (Å²) < 4.78 is 39.2. The van der Waals surface area contributed by atoms with Crippen molar-refractivity contribution in [3.8, 4) is 11.8 Å². The Morgan fingerprint density at radius 3 is 2.52 bits per heavy atom. The monoisotopic (exact) mass is 410 g/mol. The summed E-state index contributed by atoms with van der Waals surface area (Å²) in [5.74, 6) is -0.998. The van der Waals surface area contributed by atoms with Gasteiger partial charge in [-0.15, -0.1) is 0 Å². The van der Waals surface area contributed by atoms with Gasteiger partial charge < -0.3 is 10.4 Å². The molecule has 0 aliphatic carbocycles. The molecule has 1 amide bonds. The van der Waals surface area contributed by atoms with Crippen molar-refractivity contribution >= 4 is 33.6 Å². The molecule has 2 rings (SSSR count). The number of carbonyl (C=O) groups is 1. The topological polar surface area (TPSA) is 73.1 Å². The number of para-hydroxylation sites is 1. The fraction of sp³-hybridized carbons (Fsp3) is 0.0588. The van der Waals surface area contributed by atoms with Crippen LogP contribution in [0.15, 0.2) is 52.5 Å². The predicted molar refractivity (Wildman–Crippen MR) is 89.5 cm³/mol. The van der Waals surface area contributed by atoms with E-state index in [1.165, 1.54) is 36.4 Å². The number of nitrogens with one attached hydrogen (secondary N) is 1. The van der Waals surface area contributed by atoms with Crippen molar-refractivity contribution in [3.63, 3.8) is 0 Å². The number of nitrogens with zero attached hydrogens (tertiary/aromatic N) is 1. The SMILES string of the molecule is N#C/C(=C/c1ccc(O)c(Br)c1)C(=O)Nc1ccccc1C(F)(F)F. The van der Waals surface area contributed by atoms with Gasteiger partial charge >= 0.3 is 6.18 Å². The molecule has 8 heteroatoms. The zero-order valence-corrected chi connectivity index (χ0v) is 14.0. The number of hydrogen-bond acceptors (Lipinski definition) is 3. The summed E-state index contributed by atoms with van der Waals surface area (Å²) in [7, 11) is 0. The molecule has 0 aromatic heterocycles. The summed E-state index contributed by atoms with van der Waals surface area (Å²) in [6, 6.07) is 10.4. The van der Waals surface area contributed by atoms with Crippen LogP contribution >= 0.6 is 15.9 Å². The molecule has 0 radical (unpaired) electrons. The first-order chi connectivity index (χ1) is 11.7. The number of halogens is 4. The van der Waals surface area contributed by atoms with Gasteiger partial charge in [-0.2, -0.15) is 18.4 Å². The Bertz CT molecular complexity index is 886. The largest absolute Gasteiger partial charge is 0.507 e. The van der Waals surface area contributed by atoms with Gasteiger partial charge in [0.15, 0.2) is 0 Å². The van der Waals surface area contributed by atoms with Crippen molar-refractivity contribution in [1.29, 1.82) is 5.26 Å². The van der Waals surface area contributed by atoms with Crippen LogP contribution < -0.4 is 5.32 Å². The second kappa shape index (κ2) is 7.40. The maximum atomic E-state index is 13.0. The molecule has 0 saturated heterocycles. The van der Waals surface area contributed by atoms with Crippen molar-refractivity contribution in [3.05, 3.63) is 63.6 Å². The van der Waals surface area contributed by atoms with E-state index in [2.05, 4.69) is 21.2 Å². The Labute approximate surface area is 149 Å². The van der Waals surface area contributed by atoms with Crippen LogP contribution in [0.5, 0.6) is 5.75 Å². The van der Waals surface area contributed by atoms with E-state index in [9.17, 15) is 23.1 Å². The summed E-state index contributed by atoms with van der Waals surface area (Å²) in [5.41, 5.74) is -1.41.